The standard InChI is InChI=1S/C15H25ClN2S/c1-3-8-18-9-4-5-13(11-18)12(2)17-10-14-6-7-15(16)19-14/h6-7,12-13,17H,3-5,8-11H2,1-2H3. The lowest BCUT2D eigenvalue weighted by molar-refractivity contribution is 0.151. The van der Waals surface area contributed by atoms with Crippen LogP contribution in [0.4, 0.5) is 0 Å². The van der Waals surface area contributed by atoms with Crippen LogP contribution in [0.2, 0.25) is 4.34 Å². The number of thiophene rings is 1. The first-order valence-corrected chi connectivity index (χ1v) is 8.58. The second-order valence-corrected chi connectivity index (χ2v) is 7.38. The summed E-state index contributed by atoms with van der Waals surface area (Å²) in [6.07, 6.45) is 3.98. The van der Waals surface area contributed by atoms with Crippen LogP contribution < -0.4 is 5.32 Å². The summed E-state index contributed by atoms with van der Waals surface area (Å²) >= 11 is 7.64. The van der Waals surface area contributed by atoms with Crippen molar-refractivity contribution in [2.75, 3.05) is 19.6 Å². The van der Waals surface area contributed by atoms with Crippen molar-refractivity contribution in [3.8, 4) is 0 Å². The van der Waals surface area contributed by atoms with Crippen LogP contribution in [-0.4, -0.2) is 30.6 Å². The summed E-state index contributed by atoms with van der Waals surface area (Å²) in [5.41, 5.74) is 0. The first-order chi connectivity index (χ1) is 9.19. The Morgan fingerprint density at radius 2 is 2.37 bits per heavy atom. The molecule has 2 rings (SSSR count). The van der Waals surface area contributed by atoms with E-state index in [0.717, 1.165) is 16.8 Å². The molecule has 0 bridgehead atoms. The number of nitrogens with zero attached hydrogens (tertiary/aromatic N) is 1. The Morgan fingerprint density at radius 1 is 1.53 bits per heavy atom. The number of nitrogens with one attached hydrogen (secondary N) is 1. The Balaban J connectivity index is 1.77. The molecule has 1 aromatic rings. The van der Waals surface area contributed by atoms with Gasteiger partial charge in [0.1, 0.15) is 0 Å². The third kappa shape index (κ3) is 4.75. The van der Waals surface area contributed by atoms with Gasteiger partial charge in [-0.1, -0.05) is 18.5 Å². The fourth-order valence-corrected chi connectivity index (χ4v) is 3.93. The highest BCUT2D eigenvalue weighted by atomic mass is 35.5. The second-order valence-electron chi connectivity index (χ2n) is 5.58. The van der Waals surface area contributed by atoms with Crippen LogP contribution in [0.25, 0.3) is 0 Å². The van der Waals surface area contributed by atoms with E-state index in [1.165, 1.54) is 43.8 Å². The molecule has 1 aromatic heterocycles. The molecular formula is C15H25ClN2S. The maximum absolute atomic E-state index is 5.96. The first-order valence-electron chi connectivity index (χ1n) is 7.39. The minimum absolute atomic E-state index is 0.584. The van der Waals surface area contributed by atoms with Gasteiger partial charge in [-0.15, -0.1) is 11.3 Å². The molecule has 1 aliphatic heterocycles. The predicted molar refractivity (Wildman–Crippen MR) is 85.1 cm³/mol. The van der Waals surface area contributed by atoms with Gasteiger partial charge >= 0.3 is 0 Å². The van der Waals surface area contributed by atoms with Crippen LogP contribution >= 0.6 is 22.9 Å². The maximum Gasteiger partial charge on any atom is 0.0931 e. The summed E-state index contributed by atoms with van der Waals surface area (Å²) in [5, 5.41) is 3.67. The van der Waals surface area contributed by atoms with Crippen molar-refractivity contribution in [3.05, 3.63) is 21.3 Å². The lowest BCUT2D eigenvalue weighted by Crippen LogP contribution is -2.44. The molecule has 0 saturated carbocycles. The summed E-state index contributed by atoms with van der Waals surface area (Å²) in [6, 6.07) is 4.69. The van der Waals surface area contributed by atoms with E-state index in [-0.39, 0.29) is 0 Å². The molecule has 1 saturated heterocycles. The summed E-state index contributed by atoms with van der Waals surface area (Å²) in [7, 11) is 0. The molecule has 0 amide bonds. The Morgan fingerprint density at radius 3 is 3.05 bits per heavy atom. The second kappa shape index (κ2) is 7.63. The Hall–Kier alpha value is -0.0900. The summed E-state index contributed by atoms with van der Waals surface area (Å²) in [4.78, 5) is 3.95. The zero-order valence-electron chi connectivity index (χ0n) is 12.0. The number of rotatable bonds is 6. The van der Waals surface area contributed by atoms with Gasteiger partial charge in [-0.05, 0) is 57.3 Å². The normalized spacial score (nSPS) is 22.6. The molecule has 108 valence electrons. The molecule has 1 aliphatic rings. The van der Waals surface area contributed by atoms with Crippen LogP contribution in [-0.2, 0) is 6.54 Å². The van der Waals surface area contributed by atoms with E-state index in [0.29, 0.717) is 6.04 Å². The number of hydrogen-bond donors (Lipinski definition) is 1. The van der Waals surface area contributed by atoms with E-state index in [2.05, 4.69) is 30.1 Å². The fraction of sp³-hybridized carbons (Fsp3) is 0.733. The average molecular weight is 301 g/mol. The minimum atomic E-state index is 0.584. The van der Waals surface area contributed by atoms with Gasteiger partial charge in [0.2, 0.25) is 0 Å². The van der Waals surface area contributed by atoms with Crippen molar-refractivity contribution >= 4 is 22.9 Å². The molecule has 0 spiro atoms. The highest BCUT2D eigenvalue weighted by Gasteiger charge is 2.23. The van der Waals surface area contributed by atoms with Crippen LogP contribution in [0.3, 0.4) is 0 Å². The van der Waals surface area contributed by atoms with E-state index in [1.807, 2.05) is 6.07 Å². The molecule has 2 unspecified atom stereocenters. The Labute approximate surface area is 126 Å². The predicted octanol–water partition coefficient (Wildman–Crippen LogP) is 4.00. The fourth-order valence-electron chi connectivity index (χ4n) is 2.89. The van der Waals surface area contributed by atoms with Crippen molar-refractivity contribution in [3.63, 3.8) is 0 Å². The zero-order valence-corrected chi connectivity index (χ0v) is 13.6. The highest BCUT2D eigenvalue weighted by molar-refractivity contribution is 7.16. The highest BCUT2D eigenvalue weighted by Crippen LogP contribution is 2.23. The van der Waals surface area contributed by atoms with Crippen LogP contribution in [0, 0.1) is 5.92 Å². The molecule has 19 heavy (non-hydrogen) atoms. The van der Waals surface area contributed by atoms with Gasteiger partial charge in [0.15, 0.2) is 0 Å². The Kier molecular flexibility index (Phi) is 6.14. The average Bonchev–Trinajstić information content (AvgIpc) is 2.82. The number of piperidine rings is 1. The third-order valence-corrected chi connectivity index (χ3v) is 5.25. The quantitative estimate of drug-likeness (QED) is 0.854. The van der Waals surface area contributed by atoms with Crippen LogP contribution in [0.1, 0.15) is 38.0 Å². The molecular weight excluding hydrogens is 276 g/mol. The molecule has 0 aliphatic carbocycles. The summed E-state index contributed by atoms with van der Waals surface area (Å²) < 4.78 is 0.885. The number of likely N-dealkylation sites (tertiary alicyclic amines) is 1. The van der Waals surface area contributed by atoms with Crippen molar-refractivity contribution in [2.45, 2.75) is 45.7 Å². The van der Waals surface area contributed by atoms with Crippen LogP contribution in [0.5, 0.6) is 0 Å². The summed E-state index contributed by atoms with van der Waals surface area (Å²) in [5.74, 6) is 0.788. The minimum Gasteiger partial charge on any atom is -0.309 e. The molecule has 2 nitrogen and oxygen atoms in total. The zero-order chi connectivity index (χ0) is 13.7. The molecule has 1 N–H and O–H groups in total. The largest absolute Gasteiger partial charge is 0.309 e. The molecule has 0 radical (unpaired) electrons. The molecule has 0 aromatic carbocycles. The van der Waals surface area contributed by atoms with Crippen molar-refractivity contribution < 1.29 is 0 Å². The smallest absolute Gasteiger partial charge is 0.0931 e. The Bertz CT molecular complexity index is 378. The van der Waals surface area contributed by atoms with Crippen LogP contribution in [0.15, 0.2) is 12.1 Å². The molecule has 2 atom stereocenters. The van der Waals surface area contributed by atoms with Gasteiger partial charge in [-0.3, -0.25) is 0 Å². The van der Waals surface area contributed by atoms with E-state index < -0.39 is 0 Å². The van der Waals surface area contributed by atoms with Crippen molar-refractivity contribution in [1.82, 2.24) is 10.2 Å². The third-order valence-electron chi connectivity index (χ3n) is 4.02. The lowest BCUT2D eigenvalue weighted by Gasteiger charge is -2.36. The molecule has 4 heteroatoms. The van der Waals surface area contributed by atoms with Crippen molar-refractivity contribution in [2.24, 2.45) is 5.92 Å². The maximum atomic E-state index is 5.96. The van der Waals surface area contributed by atoms with E-state index in [1.54, 1.807) is 11.3 Å². The van der Waals surface area contributed by atoms with Crippen molar-refractivity contribution in [1.29, 1.82) is 0 Å². The van der Waals surface area contributed by atoms with E-state index in [4.69, 9.17) is 11.6 Å². The van der Waals surface area contributed by atoms with E-state index in [9.17, 15) is 0 Å². The monoisotopic (exact) mass is 300 g/mol. The topological polar surface area (TPSA) is 15.3 Å². The number of halogens is 1. The SMILES string of the molecule is CCCN1CCCC(C(C)NCc2ccc(Cl)s2)C1. The first kappa shape index (κ1) is 15.3. The van der Waals surface area contributed by atoms with Gasteiger partial charge in [0, 0.05) is 24.0 Å². The molecule has 1 fully saturated rings. The van der Waals surface area contributed by atoms with E-state index >= 15 is 0 Å². The molecule has 2 heterocycles. The van der Waals surface area contributed by atoms with Gasteiger partial charge in [0.25, 0.3) is 0 Å². The van der Waals surface area contributed by atoms with Gasteiger partial charge in [-0.25, -0.2) is 0 Å². The lowest BCUT2D eigenvalue weighted by atomic mass is 9.91. The van der Waals surface area contributed by atoms with Gasteiger partial charge < -0.3 is 10.2 Å². The van der Waals surface area contributed by atoms with Gasteiger partial charge in [-0.2, -0.15) is 0 Å². The summed E-state index contributed by atoms with van der Waals surface area (Å²) in [6.45, 7) is 9.35. The number of hydrogen-bond acceptors (Lipinski definition) is 3. The van der Waals surface area contributed by atoms with Gasteiger partial charge in [0.05, 0.1) is 4.34 Å².